The lowest BCUT2D eigenvalue weighted by Gasteiger charge is -2.46. The maximum absolute atomic E-state index is 9.45. The normalized spacial score (nSPS) is 28.6. The Balaban J connectivity index is 2.00. The van der Waals surface area contributed by atoms with Crippen molar-refractivity contribution >= 4 is 5.69 Å². The molecule has 0 atom stereocenters. The highest BCUT2D eigenvalue weighted by atomic mass is 16.5. The van der Waals surface area contributed by atoms with Crippen LogP contribution in [0.5, 0.6) is 0 Å². The fourth-order valence-corrected chi connectivity index (χ4v) is 2.19. The molecule has 1 fully saturated rings. The number of methoxy groups -OCH3 is 1. The van der Waals surface area contributed by atoms with Crippen LogP contribution in [0.1, 0.15) is 18.4 Å². The number of ether oxygens (including phenoxy) is 1. The molecule has 16 heavy (non-hydrogen) atoms. The van der Waals surface area contributed by atoms with Gasteiger partial charge in [0.25, 0.3) is 0 Å². The van der Waals surface area contributed by atoms with Gasteiger partial charge in [-0.1, -0.05) is 17.7 Å². The lowest BCUT2D eigenvalue weighted by molar-refractivity contribution is -0.0256. The predicted octanol–water partition coefficient (Wildman–Crippen LogP) is 1.95. The monoisotopic (exact) mass is 221 g/mol. The van der Waals surface area contributed by atoms with Crippen molar-refractivity contribution in [1.29, 1.82) is 0 Å². The molecule has 0 aromatic heterocycles. The maximum atomic E-state index is 9.45. The average Bonchev–Trinajstić information content (AvgIpc) is 2.26. The van der Waals surface area contributed by atoms with E-state index in [1.54, 1.807) is 7.11 Å². The van der Waals surface area contributed by atoms with E-state index >= 15 is 0 Å². The van der Waals surface area contributed by atoms with Crippen LogP contribution in [0, 0.1) is 6.92 Å². The summed E-state index contributed by atoms with van der Waals surface area (Å²) in [6, 6.07) is 8.24. The fourth-order valence-electron chi connectivity index (χ4n) is 2.19. The van der Waals surface area contributed by atoms with Crippen LogP contribution in [0.25, 0.3) is 0 Å². The molecule has 3 heteroatoms. The van der Waals surface area contributed by atoms with E-state index in [0.29, 0.717) is 0 Å². The number of anilines is 1. The van der Waals surface area contributed by atoms with Gasteiger partial charge in [-0.25, -0.2) is 0 Å². The van der Waals surface area contributed by atoms with Crippen molar-refractivity contribution in [3.63, 3.8) is 0 Å². The molecule has 0 radical (unpaired) electrons. The van der Waals surface area contributed by atoms with Gasteiger partial charge in [0.15, 0.2) is 0 Å². The van der Waals surface area contributed by atoms with Gasteiger partial charge >= 0.3 is 0 Å². The lowest BCUT2D eigenvalue weighted by atomic mass is 9.74. The Labute approximate surface area is 96.4 Å². The van der Waals surface area contributed by atoms with Crippen LogP contribution in [0.4, 0.5) is 5.69 Å². The van der Waals surface area contributed by atoms with Crippen LogP contribution in [-0.4, -0.2) is 30.5 Å². The zero-order valence-corrected chi connectivity index (χ0v) is 9.86. The Bertz CT molecular complexity index is 341. The molecule has 0 aliphatic heterocycles. The summed E-state index contributed by atoms with van der Waals surface area (Å²) in [5.74, 6) is 0. The number of aliphatic hydroxyl groups is 1. The van der Waals surface area contributed by atoms with Crippen LogP contribution in [0.2, 0.25) is 0 Å². The van der Waals surface area contributed by atoms with E-state index in [2.05, 4.69) is 24.4 Å². The summed E-state index contributed by atoms with van der Waals surface area (Å²) in [6.07, 6.45) is 2.02. The molecule has 1 saturated carbocycles. The number of rotatable bonds is 4. The topological polar surface area (TPSA) is 41.5 Å². The second-order valence-electron chi connectivity index (χ2n) is 4.70. The number of nitrogens with one attached hydrogen (secondary N) is 1. The van der Waals surface area contributed by atoms with E-state index in [4.69, 9.17) is 4.74 Å². The molecule has 88 valence electrons. The van der Waals surface area contributed by atoms with Gasteiger partial charge in [-0.3, -0.25) is 0 Å². The third-order valence-electron chi connectivity index (χ3n) is 3.33. The van der Waals surface area contributed by atoms with E-state index < -0.39 is 0 Å². The molecular formula is C13H19NO2. The third kappa shape index (κ3) is 2.20. The molecule has 0 amide bonds. The summed E-state index contributed by atoms with van der Waals surface area (Å²) in [4.78, 5) is 0. The first-order valence-electron chi connectivity index (χ1n) is 5.66. The number of aryl methyl sites for hydroxylation is 1. The molecule has 1 aliphatic carbocycles. The van der Waals surface area contributed by atoms with Crippen molar-refractivity contribution in [3.8, 4) is 0 Å². The number of hydrogen-bond acceptors (Lipinski definition) is 3. The second-order valence-corrected chi connectivity index (χ2v) is 4.70. The highest BCUT2D eigenvalue weighted by Crippen LogP contribution is 2.36. The zero-order chi connectivity index (χ0) is 11.6. The van der Waals surface area contributed by atoms with Gasteiger partial charge in [0, 0.05) is 12.8 Å². The van der Waals surface area contributed by atoms with Crippen molar-refractivity contribution in [3.05, 3.63) is 29.8 Å². The molecular weight excluding hydrogens is 202 g/mol. The Morgan fingerprint density at radius 3 is 2.50 bits per heavy atom. The lowest BCUT2D eigenvalue weighted by Crippen LogP contribution is -2.56. The number of hydrogen-bond donors (Lipinski definition) is 2. The largest absolute Gasteiger partial charge is 0.394 e. The SMILES string of the molecule is COC1CC(CO)(Nc2ccc(C)cc2)C1. The van der Waals surface area contributed by atoms with Crippen molar-refractivity contribution < 1.29 is 9.84 Å². The molecule has 0 bridgehead atoms. The average molecular weight is 221 g/mol. The Hall–Kier alpha value is -1.06. The molecule has 0 saturated heterocycles. The highest BCUT2D eigenvalue weighted by Gasteiger charge is 2.44. The summed E-state index contributed by atoms with van der Waals surface area (Å²) in [5.41, 5.74) is 2.12. The molecule has 1 aromatic carbocycles. The number of benzene rings is 1. The predicted molar refractivity (Wildman–Crippen MR) is 64.6 cm³/mol. The van der Waals surface area contributed by atoms with Crippen molar-refractivity contribution in [1.82, 2.24) is 0 Å². The standard InChI is InChI=1S/C13H19NO2/c1-10-3-5-11(6-4-10)14-13(9-15)7-12(8-13)16-2/h3-6,12,14-15H,7-9H2,1-2H3. The fraction of sp³-hybridized carbons (Fsp3) is 0.538. The molecule has 2 N–H and O–H groups in total. The smallest absolute Gasteiger partial charge is 0.0663 e. The third-order valence-corrected chi connectivity index (χ3v) is 3.33. The van der Waals surface area contributed by atoms with Crippen LogP contribution in [-0.2, 0) is 4.74 Å². The Morgan fingerprint density at radius 2 is 2.00 bits per heavy atom. The maximum Gasteiger partial charge on any atom is 0.0663 e. The van der Waals surface area contributed by atoms with Crippen molar-refractivity contribution in [2.24, 2.45) is 0 Å². The summed E-state index contributed by atoms with van der Waals surface area (Å²) in [5, 5.41) is 12.9. The summed E-state index contributed by atoms with van der Waals surface area (Å²) in [7, 11) is 1.72. The van der Waals surface area contributed by atoms with Gasteiger partial charge in [-0.2, -0.15) is 0 Å². The minimum atomic E-state index is -0.185. The van der Waals surface area contributed by atoms with Crippen LogP contribution < -0.4 is 5.32 Å². The quantitative estimate of drug-likeness (QED) is 0.816. The first-order valence-corrected chi connectivity index (χ1v) is 5.66. The van der Waals surface area contributed by atoms with Crippen molar-refractivity contribution in [2.75, 3.05) is 19.0 Å². The molecule has 0 heterocycles. The van der Waals surface area contributed by atoms with Gasteiger partial charge in [0.2, 0.25) is 0 Å². The van der Waals surface area contributed by atoms with Crippen LogP contribution >= 0.6 is 0 Å². The summed E-state index contributed by atoms with van der Waals surface area (Å²) >= 11 is 0. The molecule has 0 unspecified atom stereocenters. The minimum absolute atomic E-state index is 0.154. The Kier molecular flexibility index (Phi) is 3.17. The number of aliphatic hydroxyl groups excluding tert-OH is 1. The van der Waals surface area contributed by atoms with E-state index in [1.165, 1.54) is 5.56 Å². The van der Waals surface area contributed by atoms with Gasteiger partial charge in [-0.05, 0) is 31.9 Å². The minimum Gasteiger partial charge on any atom is -0.394 e. The van der Waals surface area contributed by atoms with Crippen molar-refractivity contribution in [2.45, 2.75) is 31.4 Å². The molecule has 1 aromatic rings. The van der Waals surface area contributed by atoms with Gasteiger partial charge in [-0.15, -0.1) is 0 Å². The van der Waals surface area contributed by atoms with Gasteiger partial charge in [0.05, 0.1) is 18.2 Å². The van der Waals surface area contributed by atoms with E-state index in [-0.39, 0.29) is 18.2 Å². The van der Waals surface area contributed by atoms with E-state index in [9.17, 15) is 5.11 Å². The van der Waals surface area contributed by atoms with E-state index in [1.807, 2.05) is 12.1 Å². The first kappa shape index (κ1) is 11.4. The van der Waals surface area contributed by atoms with Crippen LogP contribution in [0.3, 0.4) is 0 Å². The summed E-state index contributed by atoms with van der Waals surface area (Å²) < 4.78 is 5.25. The first-order chi connectivity index (χ1) is 7.67. The zero-order valence-electron chi connectivity index (χ0n) is 9.86. The van der Waals surface area contributed by atoms with Gasteiger partial charge < -0.3 is 15.2 Å². The highest BCUT2D eigenvalue weighted by molar-refractivity contribution is 5.47. The molecule has 2 rings (SSSR count). The summed E-state index contributed by atoms with van der Waals surface area (Å²) in [6.45, 7) is 2.22. The molecule has 0 spiro atoms. The second kappa shape index (κ2) is 4.44. The van der Waals surface area contributed by atoms with Crippen LogP contribution in [0.15, 0.2) is 24.3 Å². The van der Waals surface area contributed by atoms with E-state index in [0.717, 1.165) is 18.5 Å². The van der Waals surface area contributed by atoms with Gasteiger partial charge in [0.1, 0.15) is 0 Å². The molecule has 1 aliphatic rings. The Morgan fingerprint density at radius 1 is 1.38 bits per heavy atom. The molecule has 3 nitrogen and oxygen atoms in total.